The van der Waals surface area contributed by atoms with Crippen molar-refractivity contribution >= 4 is 11.9 Å². The number of aromatic amines is 1. The number of hydrogen-bond donors (Lipinski definition) is 2. The molecular weight excluding hydrogens is 238 g/mol. The van der Waals surface area contributed by atoms with Crippen molar-refractivity contribution in [3.05, 3.63) is 33.7 Å². The van der Waals surface area contributed by atoms with Gasteiger partial charge < -0.3 is 14.8 Å². The zero-order chi connectivity index (χ0) is 13.9. The summed E-state index contributed by atoms with van der Waals surface area (Å²) >= 11 is 0. The number of hydrogen-bond acceptors (Lipinski definition) is 4. The van der Waals surface area contributed by atoms with Crippen LogP contribution in [0.5, 0.6) is 0 Å². The number of aromatic carboxylic acids is 1. The second kappa shape index (κ2) is 5.03. The highest BCUT2D eigenvalue weighted by Gasteiger charge is 2.18. The molecule has 98 valence electrons. The Bertz CT molecular complexity index is 524. The van der Waals surface area contributed by atoms with Gasteiger partial charge in [-0.2, -0.15) is 0 Å². The summed E-state index contributed by atoms with van der Waals surface area (Å²) in [5.41, 5.74) is -1.14. The molecule has 0 aliphatic rings. The number of carboxylic acids is 1. The quantitative estimate of drug-likeness (QED) is 0.782. The molecule has 1 heterocycles. The first-order chi connectivity index (χ1) is 8.19. The maximum Gasteiger partial charge on any atom is 0.337 e. The van der Waals surface area contributed by atoms with Gasteiger partial charge in [0.15, 0.2) is 0 Å². The maximum atomic E-state index is 11.5. The molecule has 0 aromatic carbocycles. The highest BCUT2D eigenvalue weighted by atomic mass is 16.6. The lowest BCUT2D eigenvalue weighted by molar-refractivity contribution is -0.153. The van der Waals surface area contributed by atoms with Crippen LogP contribution in [0, 0.1) is 0 Å². The van der Waals surface area contributed by atoms with Gasteiger partial charge in [0.25, 0.3) is 5.56 Å². The van der Waals surface area contributed by atoms with Crippen LogP contribution in [0.25, 0.3) is 0 Å². The first-order valence-corrected chi connectivity index (χ1v) is 5.36. The summed E-state index contributed by atoms with van der Waals surface area (Å²) in [6.07, 6.45) is 0.830. The maximum absolute atomic E-state index is 11.5. The van der Waals surface area contributed by atoms with Crippen LogP contribution in [0.4, 0.5) is 0 Å². The molecule has 0 bridgehead atoms. The second-order valence-corrected chi connectivity index (χ2v) is 4.81. The molecule has 0 saturated carbocycles. The van der Waals surface area contributed by atoms with E-state index in [1.165, 1.54) is 6.07 Å². The number of rotatable bonds is 3. The van der Waals surface area contributed by atoms with Crippen LogP contribution >= 0.6 is 0 Å². The molecule has 0 atom stereocenters. The van der Waals surface area contributed by atoms with Crippen LogP contribution in [0.15, 0.2) is 17.1 Å². The summed E-state index contributed by atoms with van der Waals surface area (Å²) in [5, 5.41) is 8.78. The van der Waals surface area contributed by atoms with E-state index in [0.29, 0.717) is 0 Å². The largest absolute Gasteiger partial charge is 0.478 e. The van der Waals surface area contributed by atoms with Crippen molar-refractivity contribution in [3.63, 3.8) is 0 Å². The monoisotopic (exact) mass is 253 g/mol. The molecule has 0 spiro atoms. The number of nitrogens with one attached hydrogen (secondary N) is 1. The third-order valence-electron chi connectivity index (χ3n) is 1.98. The van der Waals surface area contributed by atoms with E-state index in [9.17, 15) is 14.4 Å². The van der Waals surface area contributed by atoms with Crippen molar-refractivity contribution in [2.24, 2.45) is 0 Å². The summed E-state index contributed by atoms with van der Waals surface area (Å²) in [5.74, 6) is -1.74. The predicted molar refractivity (Wildman–Crippen MR) is 63.6 cm³/mol. The number of carboxylic acid groups (broad SMARTS) is 1. The van der Waals surface area contributed by atoms with Gasteiger partial charge in [-0.3, -0.25) is 9.59 Å². The number of ether oxygens (including phenoxy) is 1. The molecule has 1 rings (SSSR count). The molecule has 1 aromatic rings. The van der Waals surface area contributed by atoms with Crippen molar-refractivity contribution in [2.45, 2.75) is 32.8 Å². The lowest BCUT2D eigenvalue weighted by Gasteiger charge is -2.19. The predicted octanol–water partition coefficient (Wildman–Crippen LogP) is 0.957. The van der Waals surface area contributed by atoms with Crippen molar-refractivity contribution in [2.75, 3.05) is 0 Å². The van der Waals surface area contributed by atoms with Gasteiger partial charge in [-0.1, -0.05) is 0 Å². The van der Waals surface area contributed by atoms with Crippen molar-refractivity contribution in [1.29, 1.82) is 0 Å². The molecule has 1 aromatic heterocycles. The molecule has 0 fully saturated rings. The lowest BCUT2D eigenvalue weighted by Crippen LogP contribution is -2.27. The minimum Gasteiger partial charge on any atom is -0.478 e. The second-order valence-electron chi connectivity index (χ2n) is 4.81. The van der Waals surface area contributed by atoms with Crippen molar-refractivity contribution in [1.82, 2.24) is 4.98 Å². The first kappa shape index (κ1) is 14.0. The van der Waals surface area contributed by atoms with E-state index in [4.69, 9.17) is 9.84 Å². The minimum atomic E-state index is -1.17. The van der Waals surface area contributed by atoms with E-state index in [1.807, 2.05) is 0 Å². The molecule has 6 heteroatoms. The van der Waals surface area contributed by atoms with Gasteiger partial charge in [0, 0.05) is 11.8 Å². The number of esters is 1. The SMILES string of the molecule is CC(C)(C)OC(=O)Cc1cc(C(=O)O)c[nH]c1=O. The van der Waals surface area contributed by atoms with E-state index >= 15 is 0 Å². The molecule has 0 aliphatic carbocycles. The van der Waals surface area contributed by atoms with Crippen molar-refractivity contribution in [3.8, 4) is 0 Å². The third kappa shape index (κ3) is 4.04. The van der Waals surface area contributed by atoms with E-state index in [0.717, 1.165) is 6.20 Å². The van der Waals surface area contributed by atoms with Crippen molar-refractivity contribution < 1.29 is 19.4 Å². The summed E-state index contributed by atoms with van der Waals surface area (Å²) in [7, 11) is 0. The van der Waals surface area contributed by atoms with Crippen LogP contribution in [0.3, 0.4) is 0 Å². The van der Waals surface area contributed by atoms with Crippen LogP contribution in [0.1, 0.15) is 36.7 Å². The lowest BCUT2D eigenvalue weighted by atomic mass is 10.1. The number of pyridine rings is 1. The Hall–Kier alpha value is -2.11. The molecule has 0 aliphatic heterocycles. The van der Waals surface area contributed by atoms with Gasteiger partial charge in [0.2, 0.25) is 0 Å². The molecule has 18 heavy (non-hydrogen) atoms. The minimum absolute atomic E-state index is 0.0733. The average Bonchev–Trinajstić information content (AvgIpc) is 2.18. The number of carbonyl (C=O) groups is 2. The van der Waals surface area contributed by atoms with Crippen LogP contribution in [0.2, 0.25) is 0 Å². The Labute approximate surface area is 104 Å². The van der Waals surface area contributed by atoms with Gasteiger partial charge in [0.1, 0.15) is 5.60 Å². The highest BCUT2D eigenvalue weighted by molar-refractivity contribution is 5.87. The third-order valence-corrected chi connectivity index (χ3v) is 1.98. The summed E-state index contributed by atoms with van der Waals surface area (Å²) in [6, 6.07) is 1.17. The zero-order valence-electron chi connectivity index (χ0n) is 10.4. The summed E-state index contributed by atoms with van der Waals surface area (Å²) < 4.78 is 5.06. The number of carbonyl (C=O) groups excluding carboxylic acids is 1. The molecule has 0 amide bonds. The average molecular weight is 253 g/mol. The Morgan fingerprint density at radius 2 is 2.00 bits per heavy atom. The Morgan fingerprint density at radius 1 is 1.39 bits per heavy atom. The number of aromatic nitrogens is 1. The normalized spacial score (nSPS) is 11.1. The molecule has 0 radical (unpaired) electrons. The fraction of sp³-hybridized carbons (Fsp3) is 0.417. The molecule has 6 nitrogen and oxygen atoms in total. The van der Waals surface area contributed by atoms with Gasteiger partial charge in [-0.05, 0) is 26.8 Å². The Morgan fingerprint density at radius 3 is 2.50 bits per heavy atom. The number of H-pyrrole nitrogens is 1. The van der Waals surface area contributed by atoms with E-state index in [-0.39, 0.29) is 17.5 Å². The fourth-order valence-corrected chi connectivity index (χ4v) is 1.32. The first-order valence-electron chi connectivity index (χ1n) is 5.36. The molecule has 0 unspecified atom stereocenters. The van der Waals surface area contributed by atoms with Crippen LogP contribution in [-0.2, 0) is 16.0 Å². The highest BCUT2D eigenvalue weighted by Crippen LogP contribution is 2.09. The van der Waals surface area contributed by atoms with Crippen LogP contribution < -0.4 is 5.56 Å². The molecular formula is C12H15NO5. The van der Waals surface area contributed by atoms with Gasteiger partial charge in [-0.25, -0.2) is 4.79 Å². The Balaban J connectivity index is 2.91. The van der Waals surface area contributed by atoms with Gasteiger partial charge in [-0.15, -0.1) is 0 Å². The topological polar surface area (TPSA) is 96.5 Å². The summed E-state index contributed by atoms with van der Waals surface area (Å²) in [4.78, 5) is 36.0. The standard InChI is InChI=1S/C12H15NO5/c1-12(2,3)18-9(14)5-7-4-8(11(16)17)6-13-10(7)15/h4,6H,5H2,1-3H3,(H,13,15)(H,16,17). The zero-order valence-corrected chi connectivity index (χ0v) is 10.4. The van der Waals surface area contributed by atoms with Gasteiger partial charge >= 0.3 is 11.9 Å². The van der Waals surface area contributed by atoms with E-state index in [2.05, 4.69) is 4.98 Å². The van der Waals surface area contributed by atoms with E-state index in [1.54, 1.807) is 20.8 Å². The smallest absolute Gasteiger partial charge is 0.337 e. The van der Waals surface area contributed by atoms with Crippen LogP contribution in [-0.4, -0.2) is 27.6 Å². The molecule has 0 saturated heterocycles. The molecule has 2 N–H and O–H groups in total. The van der Waals surface area contributed by atoms with E-state index < -0.39 is 23.1 Å². The Kier molecular flexibility index (Phi) is 3.90. The summed E-state index contributed by atoms with van der Waals surface area (Å²) in [6.45, 7) is 5.13. The fourth-order valence-electron chi connectivity index (χ4n) is 1.32. The van der Waals surface area contributed by atoms with Gasteiger partial charge in [0.05, 0.1) is 12.0 Å².